The van der Waals surface area contributed by atoms with E-state index in [-0.39, 0.29) is 4.21 Å². The second-order valence-electron chi connectivity index (χ2n) is 1.95. The first-order valence-corrected chi connectivity index (χ1v) is 5.40. The Kier molecular flexibility index (Phi) is 2.65. The van der Waals surface area contributed by atoms with Crippen LogP contribution in [0.5, 0.6) is 0 Å². The van der Waals surface area contributed by atoms with E-state index in [1.54, 1.807) is 5.38 Å². The van der Waals surface area contributed by atoms with Crippen LogP contribution in [0, 0.1) is 11.3 Å². The molecule has 1 aromatic rings. The lowest BCUT2D eigenvalue weighted by molar-refractivity contribution is 0.321. The average Bonchev–Trinajstić information content (AvgIpc) is 2.58. The van der Waals surface area contributed by atoms with Crippen molar-refractivity contribution in [3.63, 3.8) is 0 Å². The molecule has 1 aromatic heterocycles. The fourth-order valence-corrected chi connectivity index (χ4v) is 2.68. The number of rotatable bonds is 1. The lowest BCUT2D eigenvalue weighted by Crippen LogP contribution is -2.11. The van der Waals surface area contributed by atoms with Gasteiger partial charge < -0.3 is 5.21 Å². The predicted octanol–water partition coefficient (Wildman–Crippen LogP) is 0.833. The molecule has 68 valence electrons. The second-order valence-corrected chi connectivity index (χ2v) is 4.99. The summed E-state index contributed by atoms with van der Waals surface area (Å²) < 4.78 is 22.7. The maximum absolute atomic E-state index is 11.4. The van der Waals surface area contributed by atoms with E-state index in [9.17, 15) is 8.42 Å². The molecule has 1 N–H and O–H groups in total. The van der Waals surface area contributed by atoms with Crippen LogP contribution in [0.1, 0.15) is 0 Å². The van der Waals surface area contributed by atoms with Crippen LogP contribution in [0.3, 0.4) is 0 Å². The van der Waals surface area contributed by atoms with E-state index in [4.69, 9.17) is 10.5 Å². The number of nitriles is 1. The van der Waals surface area contributed by atoms with E-state index >= 15 is 0 Å². The van der Waals surface area contributed by atoms with Crippen molar-refractivity contribution >= 4 is 26.2 Å². The molecule has 0 bridgehead atoms. The van der Waals surface area contributed by atoms with E-state index in [2.05, 4.69) is 5.16 Å². The van der Waals surface area contributed by atoms with Crippen LogP contribution in [0.15, 0.2) is 26.9 Å². The van der Waals surface area contributed by atoms with Crippen molar-refractivity contribution in [1.29, 1.82) is 5.26 Å². The summed E-state index contributed by atoms with van der Waals surface area (Å²) in [5.41, 5.74) is 0. The van der Waals surface area contributed by atoms with E-state index in [0.717, 1.165) is 11.3 Å². The van der Waals surface area contributed by atoms with Crippen molar-refractivity contribution < 1.29 is 13.6 Å². The second kappa shape index (κ2) is 3.55. The highest BCUT2D eigenvalue weighted by molar-refractivity contribution is 8.08. The summed E-state index contributed by atoms with van der Waals surface area (Å²) in [6.07, 6.45) is 0. The smallest absolute Gasteiger partial charge is 0.276 e. The van der Waals surface area contributed by atoms with Gasteiger partial charge in [0.25, 0.3) is 5.04 Å². The van der Waals surface area contributed by atoms with Gasteiger partial charge in [0.2, 0.25) is 9.84 Å². The summed E-state index contributed by atoms with van der Waals surface area (Å²) in [4.78, 5) is 0. The Bertz CT molecular complexity index is 453. The van der Waals surface area contributed by atoms with Gasteiger partial charge >= 0.3 is 0 Å². The van der Waals surface area contributed by atoms with Crippen LogP contribution in [-0.2, 0) is 9.84 Å². The van der Waals surface area contributed by atoms with Gasteiger partial charge in [-0.25, -0.2) is 8.42 Å². The first-order chi connectivity index (χ1) is 6.12. The zero-order chi connectivity index (χ0) is 9.90. The van der Waals surface area contributed by atoms with E-state index in [1.165, 1.54) is 18.2 Å². The van der Waals surface area contributed by atoms with Crippen molar-refractivity contribution in [1.82, 2.24) is 0 Å². The molecule has 0 aliphatic heterocycles. The summed E-state index contributed by atoms with van der Waals surface area (Å²) in [6, 6.07) is 4.17. The van der Waals surface area contributed by atoms with Crippen LogP contribution in [0.4, 0.5) is 0 Å². The summed E-state index contributed by atoms with van der Waals surface area (Å²) in [7, 11) is -3.90. The molecule has 0 aliphatic carbocycles. The van der Waals surface area contributed by atoms with Gasteiger partial charge in [0, 0.05) is 0 Å². The van der Waals surface area contributed by atoms with E-state index in [1.807, 2.05) is 0 Å². The highest BCUT2D eigenvalue weighted by Gasteiger charge is 2.23. The lowest BCUT2D eigenvalue weighted by atomic mass is 10.7. The Hall–Kier alpha value is -1.39. The Balaban J connectivity index is 3.28. The number of hydrogen-bond acceptors (Lipinski definition) is 6. The molecule has 0 atom stereocenters. The third kappa shape index (κ3) is 1.68. The Labute approximate surface area is 78.5 Å². The Morgan fingerprint density at radius 2 is 2.38 bits per heavy atom. The van der Waals surface area contributed by atoms with Crippen molar-refractivity contribution in [2.45, 2.75) is 4.21 Å². The van der Waals surface area contributed by atoms with Gasteiger partial charge in [-0.1, -0.05) is 11.2 Å². The van der Waals surface area contributed by atoms with Gasteiger partial charge in [-0.15, -0.1) is 11.3 Å². The minimum atomic E-state index is -3.90. The topological polar surface area (TPSA) is 90.5 Å². The molecule has 0 saturated heterocycles. The summed E-state index contributed by atoms with van der Waals surface area (Å²) in [5, 5.41) is 19.7. The molecule has 0 spiro atoms. The van der Waals surface area contributed by atoms with Crippen LogP contribution in [0.2, 0.25) is 0 Å². The average molecular weight is 216 g/mol. The van der Waals surface area contributed by atoms with Crippen LogP contribution < -0.4 is 0 Å². The largest absolute Gasteiger partial charge is 0.409 e. The third-order valence-corrected chi connectivity index (χ3v) is 4.16. The van der Waals surface area contributed by atoms with Gasteiger partial charge in [-0.3, -0.25) is 0 Å². The molecule has 0 amide bonds. The molecule has 7 heteroatoms. The first kappa shape index (κ1) is 9.70. The van der Waals surface area contributed by atoms with Gasteiger partial charge in [-0.2, -0.15) is 5.26 Å². The summed E-state index contributed by atoms with van der Waals surface area (Å²) in [6.45, 7) is 0. The maximum Gasteiger partial charge on any atom is 0.276 e. The van der Waals surface area contributed by atoms with E-state index in [0.29, 0.717) is 0 Å². The van der Waals surface area contributed by atoms with Crippen molar-refractivity contribution in [3.05, 3.63) is 17.5 Å². The third-order valence-electron chi connectivity index (χ3n) is 1.20. The van der Waals surface area contributed by atoms with Gasteiger partial charge in [0.05, 0.1) is 0 Å². The molecule has 1 heterocycles. The summed E-state index contributed by atoms with van der Waals surface area (Å²) in [5.74, 6) is 0. The molecule has 0 unspecified atom stereocenters. The zero-order valence-corrected chi connectivity index (χ0v) is 7.84. The number of hydrogen-bond donors (Lipinski definition) is 1. The Morgan fingerprint density at radius 3 is 2.77 bits per heavy atom. The fraction of sp³-hybridized carbons (Fsp3) is 0. The number of sulfone groups is 1. The number of nitrogens with zero attached hydrogens (tertiary/aromatic N) is 2. The molecule has 13 heavy (non-hydrogen) atoms. The molecule has 5 nitrogen and oxygen atoms in total. The van der Waals surface area contributed by atoms with Crippen molar-refractivity contribution in [2.75, 3.05) is 0 Å². The van der Waals surface area contributed by atoms with Crippen LogP contribution in [0.25, 0.3) is 0 Å². The van der Waals surface area contributed by atoms with Gasteiger partial charge in [0.1, 0.15) is 10.3 Å². The normalized spacial score (nSPS) is 12.4. The molecule has 1 rings (SSSR count). The number of thiophene rings is 1. The van der Waals surface area contributed by atoms with Crippen LogP contribution in [-0.4, -0.2) is 18.7 Å². The molecule has 0 saturated carbocycles. The molecule has 0 aliphatic rings. The van der Waals surface area contributed by atoms with Gasteiger partial charge in [0.15, 0.2) is 0 Å². The highest BCUT2D eigenvalue weighted by Crippen LogP contribution is 2.18. The Morgan fingerprint density at radius 1 is 1.69 bits per heavy atom. The molecular formula is C6H4N2O3S2. The molecule has 0 radical (unpaired) electrons. The van der Waals surface area contributed by atoms with Crippen molar-refractivity contribution in [3.8, 4) is 6.07 Å². The SMILES string of the molecule is N#C/C(=N/O)S(=O)(=O)c1cccs1. The molecule has 0 fully saturated rings. The highest BCUT2D eigenvalue weighted by atomic mass is 32.2. The minimum Gasteiger partial charge on any atom is -0.409 e. The van der Waals surface area contributed by atoms with Crippen molar-refractivity contribution in [2.24, 2.45) is 5.16 Å². The predicted molar refractivity (Wildman–Crippen MR) is 46.3 cm³/mol. The fourth-order valence-electron chi connectivity index (χ4n) is 0.648. The standard InChI is InChI=1S/C6H4N2O3S2/c7-4-5(8-9)13(10,11)6-2-1-3-12-6/h1-3,9H/b8-5-. The summed E-state index contributed by atoms with van der Waals surface area (Å²) >= 11 is 0.958. The van der Waals surface area contributed by atoms with E-state index < -0.39 is 14.9 Å². The molecular weight excluding hydrogens is 212 g/mol. The monoisotopic (exact) mass is 216 g/mol. The van der Waals surface area contributed by atoms with Gasteiger partial charge in [-0.05, 0) is 11.4 Å². The zero-order valence-electron chi connectivity index (χ0n) is 6.21. The quantitative estimate of drug-likeness (QED) is 0.326. The first-order valence-electron chi connectivity index (χ1n) is 3.03. The van der Waals surface area contributed by atoms with Crippen LogP contribution >= 0.6 is 11.3 Å². The lowest BCUT2D eigenvalue weighted by Gasteiger charge is -1.93. The maximum atomic E-state index is 11.4. The minimum absolute atomic E-state index is 0.0122. The number of oxime groups is 1. The molecule has 0 aromatic carbocycles.